The predicted molar refractivity (Wildman–Crippen MR) is 307 cm³/mol. The summed E-state index contributed by atoms with van der Waals surface area (Å²) < 4.78 is 2.50. The van der Waals surface area contributed by atoms with Crippen molar-refractivity contribution in [3.63, 3.8) is 0 Å². The van der Waals surface area contributed by atoms with Crippen molar-refractivity contribution in [2.45, 2.75) is 52.4 Å². The van der Waals surface area contributed by atoms with Crippen LogP contribution in [0.25, 0.3) is 82.4 Å². The molecular weight excluding hydrogens is 880 g/mol. The smallest absolute Gasteiger partial charge is 0.0561 e. The molecule has 3 heteroatoms. The zero-order valence-electron chi connectivity index (χ0n) is 41.3. The Hall–Kier alpha value is -7.91. The highest BCUT2D eigenvalue weighted by atomic mass is 35.5. The summed E-state index contributed by atoms with van der Waals surface area (Å²) in [6.45, 7) is 13.9. The minimum Gasteiger partial charge on any atom is -0.310 e. The van der Waals surface area contributed by atoms with Crippen molar-refractivity contribution in [1.82, 2.24) is 4.57 Å². The highest BCUT2D eigenvalue weighted by molar-refractivity contribution is 6.31. The monoisotopic (exact) mass is 936 g/mol. The Morgan fingerprint density at radius 3 is 1.46 bits per heavy atom. The summed E-state index contributed by atoms with van der Waals surface area (Å²) in [5.41, 5.74) is 15.7. The van der Waals surface area contributed by atoms with Crippen LogP contribution in [0.4, 0.5) is 17.1 Å². The van der Waals surface area contributed by atoms with E-state index >= 15 is 0 Å². The first kappa shape index (κ1) is 45.5. The Bertz CT molecular complexity index is 3820. The Morgan fingerprint density at radius 1 is 0.338 bits per heavy atom. The van der Waals surface area contributed by atoms with E-state index in [2.05, 4.69) is 275 Å². The number of anilines is 3. The van der Waals surface area contributed by atoms with Gasteiger partial charge < -0.3 is 9.47 Å². The van der Waals surface area contributed by atoms with Crippen molar-refractivity contribution < 1.29 is 0 Å². The van der Waals surface area contributed by atoms with Gasteiger partial charge >= 0.3 is 0 Å². The lowest BCUT2D eigenvalue weighted by molar-refractivity contribution is 0.569. The van der Waals surface area contributed by atoms with E-state index in [1.54, 1.807) is 0 Å². The van der Waals surface area contributed by atoms with Crippen LogP contribution in [-0.2, 0) is 10.8 Å². The molecule has 11 rings (SSSR count). The number of aromatic nitrogens is 1. The van der Waals surface area contributed by atoms with E-state index in [0.717, 1.165) is 66.6 Å². The lowest BCUT2D eigenvalue weighted by Gasteiger charge is -2.29. The van der Waals surface area contributed by atoms with E-state index < -0.39 is 0 Å². The summed E-state index contributed by atoms with van der Waals surface area (Å²) in [7, 11) is 0. The van der Waals surface area contributed by atoms with Gasteiger partial charge in [-0.1, -0.05) is 229 Å². The van der Waals surface area contributed by atoms with Gasteiger partial charge in [0.05, 0.1) is 16.7 Å². The van der Waals surface area contributed by atoms with Crippen LogP contribution in [0, 0.1) is 0 Å². The molecule has 346 valence electrons. The fourth-order valence-corrected chi connectivity index (χ4v) is 10.4. The molecule has 0 amide bonds. The van der Waals surface area contributed by atoms with E-state index in [-0.39, 0.29) is 10.8 Å². The average Bonchev–Trinajstić information content (AvgIpc) is 3.43. The minimum atomic E-state index is -0.0267. The second-order valence-corrected chi connectivity index (χ2v) is 21.2. The van der Waals surface area contributed by atoms with Crippen LogP contribution in [0.15, 0.2) is 237 Å². The van der Waals surface area contributed by atoms with Crippen molar-refractivity contribution in [2.24, 2.45) is 0 Å². The number of fused-ring (bicyclic) bond motifs is 7. The molecule has 0 bridgehead atoms. The van der Waals surface area contributed by atoms with Gasteiger partial charge in [-0.2, -0.15) is 0 Å². The van der Waals surface area contributed by atoms with Crippen molar-refractivity contribution >= 4 is 72.0 Å². The van der Waals surface area contributed by atoms with Crippen LogP contribution < -0.4 is 4.90 Å². The highest BCUT2D eigenvalue weighted by Crippen LogP contribution is 2.45. The normalized spacial score (nSPS) is 11.9. The first-order valence-electron chi connectivity index (χ1n) is 24.7. The van der Waals surface area contributed by atoms with Gasteiger partial charge in [0.1, 0.15) is 0 Å². The van der Waals surface area contributed by atoms with E-state index in [1.807, 2.05) is 12.1 Å². The Balaban J connectivity index is 1.28. The van der Waals surface area contributed by atoms with E-state index in [9.17, 15) is 0 Å². The minimum absolute atomic E-state index is 0.0267. The number of hydrogen-bond donors (Lipinski definition) is 0. The number of benzene rings is 10. The van der Waals surface area contributed by atoms with Gasteiger partial charge in [-0.25, -0.2) is 0 Å². The number of para-hydroxylation sites is 1. The van der Waals surface area contributed by atoms with Crippen LogP contribution in [0.3, 0.4) is 0 Å². The van der Waals surface area contributed by atoms with Crippen molar-refractivity contribution in [1.29, 1.82) is 0 Å². The standard InChI is InChI=1S/C68H57ClN2/c1-67(2,3)51-39-50(40-52(43-51)68(4,5)6)48-25-19-27-54(41-48)71-64-34-18-17-33-61(64)59-31-15-13-29-57(59)58-30-14-16-32-60(58)62-37-36-56(45-66(62)71)70(55-28-20-26-53(69)44-55)65-38-35-49(46-21-9-7-10-22-46)42-63(65)47-23-11-8-12-24-47/h7-45H,1-6H3. The summed E-state index contributed by atoms with van der Waals surface area (Å²) in [6, 6.07) is 86.5. The maximum atomic E-state index is 6.96. The Labute approximate surface area is 423 Å². The second-order valence-electron chi connectivity index (χ2n) is 20.8. The number of nitrogens with zero attached hydrogens (tertiary/aromatic N) is 2. The molecule has 0 aliphatic rings. The van der Waals surface area contributed by atoms with Gasteiger partial charge in [0, 0.05) is 38.4 Å². The van der Waals surface area contributed by atoms with Crippen molar-refractivity contribution in [2.75, 3.05) is 4.90 Å². The number of hydrogen-bond acceptors (Lipinski definition) is 1. The predicted octanol–water partition coefficient (Wildman–Crippen LogP) is 19.9. The third-order valence-electron chi connectivity index (χ3n) is 13.9. The summed E-state index contributed by atoms with van der Waals surface area (Å²) in [5.74, 6) is 0. The largest absolute Gasteiger partial charge is 0.310 e. The van der Waals surface area contributed by atoms with Gasteiger partial charge in [0.2, 0.25) is 0 Å². The molecule has 71 heavy (non-hydrogen) atoms. The molecule has 0 spiro atoms. The lowest BCUT2D eigenvalue weighted by atomic mass is 9.79. The maximum absolute atomic E-state index is 6.96. The van der Waals surface area contributed by atoms with E-state index in [0.29, 0.717) is 5.02 Å². The molecule has 11 aromatic rings. The fourth-order valence-electron chi connectivity index (χ4n) is 10.2. The molecule has 0 unspecified atom stereocenters. The van der Waals surface area contributed by atoms with Crippen molar-refractivity contribution in [3.05, 3.63) is 253 Å². The quantitative estimate of drug-likeness (QED) is 0.155. The summed E-state index contributed by atoms with van der Waals surface area (Å²) >= 11 is 6.96. The summed E-state index contributed by atoms with van der Waals surface area (Å²) in [6.07, 6.45) is 0. The topological polar surface area (TPSA) is 8.17 Å². The molecule has 1 aromatic heterocycles. The molecule has 0 N–H and O–H groups in total. The highest BCUT2D eigenvalue weighted by Gasteiger charge is 2.23. The van der Waals surface area contributed by atoms with Crippen LogP contribution in [0.5, 0.6) is 0 Å². The van der Waals surface area contributed by atoms with E-state index in [4.69, 9.17) is 11.6 Å². The molecule has 0 aliphatic carbocycles. The molecular formula is C68H57ClN2. The second kappa shape index (κ2) is 18.4. The molecule has 0 aliphatic heterocycles. The third-order valence-corrected chi connectivity index (χ3v) is 14.2. The van der Waals surface area contributed by atoms with Crippen molar-refractivity contribution in [3.8, 4) is 39.1 Å². The van der Waals surface area contributed by atoms with Gasteiger partial charge in [-0.15, -0.1) is 0 Å². The number of rotatable bonds is 7. The molecule has 0 saturated heterocycles. The Morgan fingerprint density at radius 2 is 0.845 bits per heavy atom. The van der Waals surface area contributed by atoms with Gasteiger partial charge in [0.15, 0.2) is 0 Å². The molecule has 0 fully saturated rings. The molecule has 0 radical (unpaired) electrons. The Kier molecular flexibility index (Phi) is 11.8. The molecule has 10 aromatic carbocycles. The molecule has 1 heterocycles. The molecule has 0 atom stereocenters. The zero-order valence-corrected chi connectivity index (χ0v) is 42.0. The summed E-state index contributed by atoms with van der Waals surface area (Å²) in [5, 5.41) is 7.67. The zero-order chi connectivity index (χ0) is 48.9. The van der Waals surface area contributed by atoms with Gasteiger partial charge in [0.25, 0.3) is 0 Å². The first-order valence-corrected chi connectivity index (χ1v) is 25.1. The maximum Gasteiger partial charge on any atom is 0.0561 e. The number of halogens is 1. The van der Waals surface area contributed by atoms with Crippen LogP contribution >= 0.6 is 11.6 Å². The van der Waals surface area contributed by atoms with Gasteiger partial charge in [-0.05, 0) is 132 Å². The van der Waals surface area contributed by atoms with Crippen LogP contribution in [0.2, 0.25) is 5.02 Å². The first-order chi connectivity index (χ1) is 34.4. The average molecular weight is 938 g/mol. The van der Waals surface area contributed by atoms with Crippen LogP contribution in [-0.4, -0.2) is 4.57 Å². The third kappa shape index (κ3) is 8.86. The summed E-state index contributed by atoms with van der Waals surface area (Å²) in [4.78, 5) is 2.38. The van der Waals surface area contributed by atoms with Crippen LogP contribution in [0.1, 0.15) is 52.7 Å². The van der Waals surface area contributed by atoms with E-state index in [1.165, 1.54) is 44.0 Å². The molecule has 2 nitrogen and oxygen atoms in total. The molecule has 0 saturated carbocycles. The van der Waals surface area contributed by atoms with Gasteiger partial charge in [-0.3, -0.25) is 0 Å². The SMILES string of the molecule is CC(C)(C)c1cc(-c2cccc(-n3c4ccccc4c4ccccc4c4ccccc4c4ccc(N(c5cccc(Cl)c5)c5ccc(-c6ccccc6)cc5-c5ccccc5)cc43)c2)cc(C(C)(C)C)c1. The lowest BCUT2D eigenvalue weighted by Crippen LogP contribution is -2.16. The fraction of sp³-hybridized carbons (Fsp3) is 0.118.